The summed E-state index contributed by atoms with van der Waals surface area (Å²) in [6.07, 6.45) is 3.51. The molecule has 0 bridgehead atoms. The largest absolute Gasteiger partial charge is 0.342 e. The lowest BCUT2D eigenvalue weighted by molar-refractivity contribution is 0.626. The normalized spacial score (nSPS) is 10.8. The van der Waals surface area contributed by atoms with Crippen molar-refractivity contribution in [1.82, 2.24) is 9.99 Å². The number of nitrogens with one attached hydrogen (secondary N) is 2. The van der Waals surface area contributed by atoms with Gasteiger partial charge in [0.05, 0.1) is 17.6 Å². The van der Waals surface area contributed by atoms with E-state index in [2.05, 4.69) is 15.8 Å². The molecule has 0 aliphatic carbocycles. The molecule has 3 rings (SSSR count). The summed E-state index contributed by atoms with van der Waals surface area (Å²) in [4.78, 5) is 0. The van der Waals surface area contributed by atoms with Crippen molar-refractivity contribution >= 4 is 29.2 Å². The van der Waals surface area contributed by atoms with Crippen molar-refractivity contribution in [2.75, 3.05) is 5.32 Å². The third-order valence-electron chi connectivity index (χ3n) is 3.62. The topological polar surface area (TPSA) is 41.4 Å². The fourth-order valence-electron chi connectivity index (χ4n) is 2.34. The SMILES string of the molecule is Fc1ccc(Cn2cccc2/C=N\NC(=S)Nc2ccccc2F)cc1. The minimum atomic E-state index is -0.395. The molecular formula is C19H16F2N4S. The number of hydrogen-bond donors (Lipinski definition) is 2. The standard InChI is InChI=1S/C19H16F2N4S/c20-15-9-7-14(8-10-15)13-25-11-3-4-16(25)12-22-24-19(26)23-18-6-2-1-5-17(18)21/h1-12H,13H2,(H2,23,24,26)/b22-12-. The maximum absolute atomic E-state index is 13.6. The van der Waals surface area contributed by atoms with E-state index in [1.165, 1.54) is 18.2 Å². The first-order chi connectivity index (χ1) is 12.6. The minimum absolute atomic E-state index is 0.183. The molecule has 132 valence electrons. The molecule has 0 unspecified atom stereocenters. The van der Waals surface area contributed by atoms with Gasteiger partial charge in [-0.05, 0) is 54.2 Å². The van der Waals surface area contributed by atoms with Crippen LogP contribution in [0.3, 0.4) is 0 Å². The van der Waals surface area contributed by atoms with E-state index < -0.39 is 5.82 Å². The van der Waals surface area contributed by atoms with Gasteiger partial charge in [-0.25, -0.2) is 8.78 Å². The maximum Gasteiger partial charge on any atom is 0.191 e. The van der Waals surface area contributed by atoms with Crippen molar-refractivity contribution < 1.29 is 8.78 Å². The summed E-state index contributed by atoms with van der Waals surface area (Å²) >= 11 is 5.10. The van der Waals surface area contributed by atoms with E-state index in [1.54, 1.807) is 36.5 Å². The third-order valence-corrected chi connectivity index (χ3v) is 3.81. The number of aromatic nitrogens is 1. The van der Waals surface area contributed by atoms with Gasteiger partial charge in [0.15, 0.2) is 5.11 Å². The molecule has 4 nitrogen and oxygen atoms in total. The molecule has 0 spiro atoms. The molecule has 3 aromatic rings. The lowest BCUT2D eigenvalue weighted by Gasteiger charge is -2.08. The molecular weight excluding hydrogens is 354 g/mol. The molecule has 0 saturated carbocycles. The predicted octanol–water partition coefficient (Wildman–Crippen LogP) is 4.14. The fraction of sp³-hybridized carbons (Fsp3) is 0.0526. The Balaban J connectivity index is 1.59. The van der Waals surface area contributed by atoms with Gasteiger partial charge in [-0.15, -0.1) is 0 Å². The molecule has 0 aliphatic heterocycles. The molecule has 1 heterocycles. The zero-order chi connectivity index (χ0) is 18.4. The van der Waals surface area contributed by atoms with Gasteiger partial charge in [-0.1, -0.05) is 24.3 Å². The van der Waals surface area contributed by atoms with Gasteiger partial charge in [0.2, 0.25) is 0 Å². The summed E-state index contributed by atoms with van der Waals surface area (Å²) in [7, 11) is 0. The molecule has 2 aromatic carbocycles. The van der Waals surface area contributed by atoms with Crippen LogP contribution in [-0.4, -0.2) is 15.9 Å². The van der Waals surface area contributed by atoms with Gasteiger partial charge in [0.1, 0.15) is 11.6 Å². The van der Waals surface area contributed by atoms with Crippen molar-refractivity contribution in [2.24, 2.45) is 5.10 Å². The molecule has 0 atom stereocenters. The van der Waals surface area contributed by atoms with Gasteiger partial charge in [0.25, 0.3) is 0 Å². The van der Waals surface area contributed by atoms with E-state index in [9.17, 15) is 8.78 Å². The molecule has 0 radical (unpaired) electrons. The van der Waals surface area contributed by atoms with Gasteiger partial charge in [-0.3, -0.25) is 5.43 Å². The van der Waals surface area contributed by atoms with Gasteiger partial charge < -0.3 is 9.88 Å². The number of para-hydroxylation sites is 1. The first-order valence-electron chi connectivity index (χ1n) is 7.86. The second kappa shape index (κ2) is 8.35. The van der Waals surface area contributed by atoms with Crippen molar-refractivity contribution in [1.29, 1.82) is 0 Å². The monoisotopic (exact) mass is 370 g/mol. The number of halogens is 2. The smallest absolute Gasteiger partial charge is 0.191 e. The molecule has 0 saturated heterocycles. The first kappa shape index (κ1) is 17.8. The van der Waals surface area contributed by atoms with E-state index >= 15 is 0 Å². The Labute approximate surface area is 155 Å². The second-order valence-electron chi connectivity index (χ2n) is 5.49. The summed E-state index contributed by atoms with van der Waals surface area (Å²) in [5, 5.41) is 7.00. The number of hydrazone groups is 1. The highest BCUT2D eigenvalue weighted by Gasteiger charge is 2.03. The van der Waals surface area contributed by atoms with E-state index in [0.717, 1.165) is 11.3 Å². The Hall–Kier alpha value is -3.06. The van der Waals surface area contributed by atoms with Crippen LogP contribution in [0.2, 0.25) is 0 Å². The Morgan fingerprint density at radius 3 is 2.58 bits per heavy atom. The lowest BCUT2D eigenvalue weighted by Crippen LogP contribution is -2.24. The van der Waals surface area contributed by atoms with E-state index in [1.807, 2.05) is 22.9 Å². The van der Waals surface area contributed by atoms with Crippen LogP contribution in [0, 0.1) is 11.6 Å². The molecule has 0 fully saturated rings. The van der Waals surface area contributed by atoms with Crippen LogP contribution in [0.15, 0.2) is 72.0 Å². The highest BCUT2D eigenvalue weighted by Crippen LogP contribution is 2.12. The summed E-state index contributed by atoms with van der Waals surface area (Å²) < 4.78 is 28.5. The number of thiocarbonyl (C=S) groups is 1. The number of anilines is 1. The Kier molecular flexibility index (Phi) is 5.70. The molecule has 0 aliphatic rings. The zero-order valence-corrected chi connectivity index (χ0v) is 14.5. The van der Waals surface area contributed by atoms with Crippen molar-refractivity contribution in [3.8, 4) is 0 Å². The maximum atomic E-state index is 13.6. The number of hydrogen-bond acceptors (Lipinski definition) is 2. The van der Waals surface area contributed by atoms with Crippen LogP contribution in [0.5, 0.6) is 0 Å². The summed E-state index contributed by atoms with van der Waals surface area (Å²) in [6.45, 7) is 0.590. The first-order valence-corrected chi connectivity index (χ1v) is 8.27. The number of benzene rings is 2. The van der Waals surface area contributed by atoms with Gasteiger partial charge in [0, 0.05) is 12.7 Å². The Morgan fingerprint density at radius 1 is 1.04 bits per heavy atom. The van der Waals surface area contributed by atoms with Gasteiger partial charge in [-0.2, -0.15) is 5.10 Å². The summed E-state index contributed by atoms with van der Waals surface area (Å²) in [5.41, 5.74) is 4.75. The average Bonchev–Trinajstić information content (AvgIpc) is 3.06. The number of rotatable bonds is 5. The Bertz CT molecular complexity index is 919. The average molecular weight is 370 g/mol. The van der Waals surface area contributed by atoms with Crippen LogP contribution in [0.1, 0.15) is 11.3 Å². The van der Waals surface area contributed by atoms with Crippen molar-refractivity contribution in [3.05, 3.63) is 89.8 Å². The van der Waals surface area contributed by atoms with E-state index in [4.69, 9.17) is 12.2 Å². The van der Waals surface area contributed by atoms with Crippen LogP contribution >= 0.6 is 12.2 Å². The highest BCUT2D eigenvalue weighted by atomic mass is 32.1. The predicted molar refractivity (Wildman–Crippen MR) is 103 cm³/mol. The van der Waals surface area contributed by atoms with Crippen molar-refractivity contribution in [3.63, 3.8) is 0 Å². The fourth-order valence-corrected chi connectivity index (χ4v) is 2.51. The molecule has 0 amide bonds. The third kappa shape index (κ3) is 4.73. The molecule has 1 aromatic heterocycles. The van der Waals surface area contributed by atoms with Crippen LogP contribution in [0.25, 0.3) is 0 Å². The van der Waals surface area contributed by atoms with Crippen LogP contribution < -0.4 is 10.7 Å². The van der Waals surface area contributed by atoms with Crippen LogP contribution in [-0.2, 0) is 6.54 Å². The molecule has 2 N–H and O–H groups in total. The van der Waals surface area contributed by atoms with E-state index in [-0.39, 0.29) is 16.6 Å². The highest BCUT2D eigenvalue weighted by molar-refractivity contribution is 7.80. The number of nitrogens with zero attached hydrogens (tertiary/aromatic N) is 2. The quantitative estimate of drug-likeness (QED) is 0.403. The Morgan fingerprint density at radius 2 is 1.81 bits per heavy atom. The summed E-state index contributed by atoms with van der Waals surface area (Å²) in [5.74, 6) is -0.656. The molecule has 7 heteroatoms. The molecule has 26 heavy (non-hydrogen) atoms. The van der Waals surface area contributed by atoms with Crippen LogP contribution in [0.4, 0.5) is 14.5 Å². The second-order valence-corrected chi connectivity index (χ2v) is 5.90. The zero-order valence-electron chi connectivity index (χ0n) is 13.7. The van der Waals surface area contributed by atoms with Crippen molar-refractivity contribution in [2.45, 2.75) is 6.54 Å². The van der Waals surface area contributed by atoms with E-state index in [0.29, 0.717) is 6.54 Å². The lowest BCUT2D eigenvalue weighted by atomic mass is 10.2. The summed E-state index contributed by atoms with van der Waals surface area (Å²) in [6, 6.07) is 16.4. The van der Waals surface area contributed by atoms with Gasteiger partial charge >= 0.3 is 0 Å². The minimum Gasteiger partial charge on any atom is -0.342 e.